The summed E-state index contributed by atoms with van der Waals surface area (Å²) in [6.45, 7) is 2.37. The lowest BCUT2D eigenvalue weighted by Gasteiger charge is -2.41. The van der Waals surface area contributed by atoms with Gasteiger partial charge in [0.2, 0.25) is 5.91 Å². The van der Waals surface area contributed by atoms with Gasteiger partial charge in [0.25, 0.3) is 5.91 Å². The number of anilines is 1. The van der Waals surface area contributed by atoms with Crippen molar-refractivity contribution in [2.75, 3.05) is 39.8 Å². The van der Waals surface area contributed by atoms with Crippen LogP contribution in [0, 0.1) is 0 Å². The maximum atomic E-state index is 14.2. The Hall–Kier alpha value is -4.07. The number of nitrogens with zero attached hydrogens (tertiary/aromatic N) is 3. The largest absolute Gasteiger partial charge is 0.493 e. The smallest absolute Gasteiger partial charge is 0.254 e. The lowest BCUT2D eigenvalue weighted by molar-refractivity contribution is -0.121. The van der Waals surface area contributed by atoms with Crippen molar-refractivity contribution < 1.29 is 23.8 Å². The van der Waals surface area contributed by atoms with Crippen molar-refractivity contribution in [3.05, 3.63) is 77.6 Å². The minimum absolute atomic E-state index is 0.196. The van der Waals surface area contributed by atoms with Gasteiger partial charge in [-0.05, 0) is 48.4 Å². The van der Waals surface area contributed by atoms with E-state index in [1.54, 1.807) is 54.5 Å². The molecule has 0 radical (unpaired) electrons. The average Bonchev–Trinajstić information content (AvgIpc) is 2.90. The van der Waals surface area contributed by atoms with Crippen LogP contribution >= 0.6 is 0 Å². The SMILES string of the molecule is CCOc1ccccc1N(C)C(=O)C1c2cc(OC)c(OC)cc2C(=O)N(C)C1c1cccnc1. The Balaban J connectivity index is 1.91. The third-order valence-electron chi connectivity index (χ3n) is 6.32. The Bertz CT molecular complexity index is 1230. The number of hydrogen-bond donors (Lipinski definition) is 0. The second-order valence-electron chi connectivity index (χ2n) is 8.22. The number of methoxy groups -OCH3 is 2. The summed E-state index contributed by atoms with van der Waals surface area (Å²) in [5.74, 6) is 0.348. The van der Waals surface area contributed by atoms with Crippen LogP contribution in [0.25, 0.3) is 0 Å². The summed E-state index contributed by atoms with van der Waals surface area (Å²) < 4.78 is 16.7. The number of likely N-dealkylation sites (N-methyl/N-ethyl adjacent to an activating group) is 2. The van der Waals surface area contributed by atoms with Crippen molar-refractivity contribution in [1.82, 2.24) is 9.88 Å². The molecule has 1 aromatic heterocycles. The third-order valence-corrected chi connectivity index (χ3v) is 6.32. The van der Waals surface area contributed by atoms with E-state index in [1.165, 1.54) is 14.2 Å². The number of rotatable bonds is 7. The molecule has 2 unspecified atom stereocenters. The van der Waals surface area contributed by atoms with Crippen molar-refractivity contribution >= 4 is 17.5 Å². The molecule has 2 heterocycles. The molecule has 1 aliphatic heterocycles. The van der Waals surface area contributed by atoms with Crippen LogP contribution in [-0.4, -0.2) is 56.6 Å². The first-order chi connectivity index (χ1) is 16.9. The highest BCUT2D eigenvalue weighted by atomic mass is 16.5. The summed E-state index contributed by atoms with van der Waals surface area (Å²) in [7, 11) is 6.47. The predicted octanol–water partition coefficient (Wildman–Crippen LogP) is 4.07. The van der Waals surface area contributed by atoms with E-state index in [9.17, 15) is 9.59 Å². The highest BCUT2D eigenvalue weighted by Crippen LogP contribution is 2.46. The van der Waals surface area contributed by atoms with E-state index in [-0.39, 0.29) is 11.8 Å². The number of ether oxygens (including phenoxy) is 3. The molecule has 35 heavy (non-hydrogen) atoms. The quantitative estimate of drug-likeness (QED) is 0.512. The summed E-state index contributed by atoms with van der Waals surface area (Å²) in [4.78, 5) is 35.2. The summed E-state index contributed by atoms with van der Waals surface area (Å²) in [5, 5.41) is 0. The number of pyridine rings is 1. The summed E-state index contributed by atoms with van der Waals surface area (Å²) in [6, 6.07) is 13.9. The van der Waals surface area contributed by atoms with E-state index in [0.717, 1.165) is 5.56 Å². The van der Waals surface area contributed by atoms with Crippen LogP contribution in [0.1, 0.15) is 40.4 Å². The Morgan fingerprint density at radius 3 is 2.43 bits per heavy atom. The van der Waals surface area contributed by atoms with Gasteiger partial charge in [-0.25, -0.2) is 0 Å². The molecule has 0 saturated heterocycles. The lowest BCUT2D eigenvalue weighted by Crippen LogP contribution is -2.46. The topological polar surface area (TPSA) is 81.2 Å². The zero-order valence-corrected chi connectivity index (χ0v) is 20.5. The highest BCUT2D eigenvalue weighted by molar-refractivity contribution is 6.06. The molecule has 3 aromatic rings. The third kappa shape index (κ3) is 4.27. The monoisotopic (exact) mass is 475 g/mol. The van der Waals surface area contributed by atoms with Crippen LogP contribution < -0.4 is 19.1 Å². The molecule has 2 atom stereocenters. The van der Waals surface area contributed by atoms with Gasteiger partial charge in [-0.1, -0.05) is 18.2 Å². The van der Waals surface area contributed by atoms with Crippen LogP contribution in [0.2, 0.25) is 0 Å². The molecule has 0 bridgehead atoms. The first-order valence-corrected chi connectivity index (χ1v) is 11.3. The van der Waals surface area contributed by atoms with Crippen LogP contribution in [0.15, 0.2) is 60.9 Å². The van der Waals surface area contributed by atoms with Gasteiger partial charge in [0, 0.05) is 32.1 Å². The lowest BCUT2D eigenvalue weighted by atomic mass is 9.79. The Kier molecular flexibility index (Phi) is 6.91. The highest BCUT2D eigenvalue weighted by Gasteiger charge is 2.45. The van der Waals surface area contributed by atoms with Gasteiger partial charge in [0.15, 0.2) is 11.5 Å². The first kappa shape index (κ1) is 24.1. The van der Waals surface area contributed by atoms with Crippen LogP contribution in [0.5, 0.6) is 17.2 Å². The number of carbonyl (C=O) groups excluding carboxylic acids is 2. The van der Waals surface area contributed by atoms with E-state index >= 15 is 0 Å². The average molecular weight is 476 g/mol. The van der Waals surface area contributed by atoms with Gasteiger partial charge in [-0.3, -0.25) is 14.6 Å². The molecule has 2 aromatic carbocycles. The first-order valence-electron chi connectivity index (χ1n) is 11.3. The van der Waals surface area contributed by atoms with Crippen molar-refractivity contribution in [3.8, 4) is 17.2 Å². The molecule has 0 aliphatic carbocycles. The van der Waals surface area contributed by atoms with Crippen LogP contribution in [0.4, 0.5) is 5.69 Å². The number of hydrogen-bond acceptors (Lipinski definition) is 6. The van der Waals surface area contributed by atoms with Crippen molar-refractivity contribution in [1.29, 1.82) is 0 Å². The van der Waals surface area contributed by atoms with Gasteiger partial charge in [-0.15, -0.1) is 0 Å². The molecule has 0 fully saturated rings. The fraction of sp³-hybridized carbons (Fsp3) is 0.296. The fourth-order valence-electron chi connectivity index (χ4n) is 4.62. The molecule has 2 amide bonds. The predicted molar refractivity (Wildman–Crippen MR) is 132 cm³/mol. The second kappa shape index (κ2) is 10.0. The maximum absolute atomic E-state index is 14.2. The Morgan fingerprint density at radius 2 is 1.77 bits per heavy atom. The summed E-state index contributed by atoms with van der Waals surface area (Å²) >= 11 is 0. The fourth-order valence-corrected chi connectivity index (χ4v) is 4.62. The van der Waals surface area contributed by atoms with Gasteiger partial charge >= 0.3 is 0 Å². The molecular formula is C27H29N3O5. The van der Waals surface area contributed by atoms with Gasteiger partial charge in [0.1, 0.15) is 5.75 Å². The van der Waals surface area contributed by atoms with E-state index < -0.39 is 12.0 Å². The molecule has 4 rings (SSSR count). The van der Waals surface area contributed by atoms with E-state index in [1.807, 2.05) is 37.3 Å². The van der Waals surface area contributed by atoms with E-state index in [0.29, 0.717) is 40.7 Å². The minimum atomic E-state index is -0.726. The molecule has 0 spiro atoms. The minimum Gasteiger partial charge on any atom is -0.493 e. The van der Waals surface area contributed by atoms with Crippen molar-refractivity contribution in [3.63, 3.8) is 0 Å². The number of benzene rings is 2. The summed E-state index contributed by atoms with van der Waals surface area (Å²) in [5.41, 5.74) is 2.37. The molecule has 0 N–H and O–H groups in total. The Labute approximate surface area is 205 Å². The van der Waals surface area contributed by atoms with Crippen LogP contribution in [-0.2, 0) is 4.79 Å². The number of para-hydroxylation sites is 2. The molecule has 1 aliphatic rings. The zero-order chi connectivity index (χ0) is 25.1. The molecule has 182 valence electrons. The van der Waals surface area contributed by atoms with Gasteiger partial charge in [-0.2, -0.15) is 0 Å². The number of carbonyl (C=O) groups is 2. The van der Waals surface area contributed by atoms with Gasteiger partial charge in [0.05, 0.1) is 38.5 Å². The van der Waals surface area contributed by atoms with E-state index in [2.05, 4.69) is 4.98 Å². The van der Waals surface area contributed by atoms with Crippen molar-refractivity contribution in [2.24, 2.45) is 0 Å². The zero-order valence-electron chi connectivity index (χ0n) is 20.5. The van der Waals surface area contributed by atoms with Gasteiger partial charge < -0.3 is 24.0 Å². The molecule has 8 heteroatoms. The van der Waals surface area contributed by atoms with Crippen LogP contribution in [0.3, 0.4) is 0 Å². The number of amides is 2. The standard InChI is InChI=1S/C27H29N3O5/c1-6-35-21-12-8-7-11-20(21)29(2)27(32)24-18-14-22(33-4)23(34-5)15-19(18)26(31)30(3)25(24)17-10-9-13-28-16-17/h7-16,24-25H,6H2,1-5H3. The Morgan fingerprint density at radius 1 is 1.06 bits per heavy atom. The maximum Gasteiger partial charge on any atom is 0.254 e. The summed E-state index contributed by atoms with van der Waals surface area (Å²) in [6.07, 6.45) is 3.35. The normalized spacial score (nSPS) is 16.9. The second-order valence-corrected chi connectivity index (χ2v) is 8.22. The van der Waals surface area contributed by atoms with E-state index in [4.69, 9.17) is 14.2 Å². The molecule has 0 saturated carbocycles. The molecule has 8 nitrogen and oxygen atoms in total. The molecular weight excluding hydrogens is 446 g/mol. The number of aromatic nitrogens is 1. The van der Waals surface area contributed by atoms with Crippen molar-refractivity contribution in [2.45, 2.75) is 18.9 Å². The number of fused-ring (bicyclic) bond motifs is 1.